The molecule has 2 aromatic rings. The number of carbonyl (C=O) groups is 4. The number of β-lactam (4-membered cyclic amide) rings is 1. The molecular weight excluding hydrogens is 695 g/mol. The molecule has 5 rings (SSSR count). The highest BCUT2D eigenvalue weighted by Gasteiger charge is 2.62. The van der Waals surface area contributed by atoms with Crippen molar-refractivity contribution < 1.29 is 33.1 Å². The Labute approximate surface area is 303 Å². The van der Waals surface area contributed by atoms with E-state index in [4.69, 9.17) is 13.9 Å². The van der Waals surface area contributed by atoms with Crippen molar-refractivity contribution in [2.75, 3.05) is 26.8 Å². The fourth-order valence-electron chi connectivity index (χ4n) is 6.74. The summed E-state index contributed by atoms with van der Waals surface area (Å²) < 4.78 is 19.5. The van der Waals surface area contributed by atoms with E-state index in [1.165, 1.54) is 28.8 Å². The van der Waals surface area contributed by atoms with Gasteiger partial charge in [-0.1, -0.05) is 53.0 Å². The van der Waals surface area contributed by atoms with Crippen LogP contribution < -0.4 is 0 Å². The van der Waals surface area contributed by atoms with Crippen molar-refractivity contribution in [3.63, 3.8) is 0 Å². The average molecular weight is 744 g/mol. The van der Waals surface area contributed by atoms with Crippen LogP contribution in [0.3, 0.4) is 0 Å². The van der Waals surface area contributed by atoms with Crippen LogP contribution in [0, 0.1) is 11.8 Å². The molecule has 50 heavy (non-hydrogen) atoms. The smallest absolute Gasteiger partial charge is 0.410 e. The van der Waals surface area contributed by atoms with Crippen LogP contribution in [-0.2, 0) is 34.8 Å². The van der Waals surface area contributed by atoms with Crippen LogP contribution in [0.25, 0.3) is 4.83 Å². The van der Waals surface area contributed by atoms with Gasteiger partial charge in [-0.2, -0.15) is 0 Å². The summed E-state index contributed by atoms with van der Waals surface area (Å²) in [5.41, 5.74) is 0.224. The number of esters is 1. The third kappa shape index (κ3) is 7.06. The Kier molecular flexibility index (Phi) is 11.1. The van der Waals surface area contributed by atoms with Crippen LogP contribution >= 0.6 is 23.1 Å². The zero-order chi connectivity index (χ0) is 36.7. The minimum Gasteiger partial charge on any atom is -0.457 e. The van der Waals surface area contributed by atoms with E-state index in [-0.39, 0.29) is 72.2 Å². The maximum atomic E-state index is 14.0. The number of thioether (sulfide) groups is 1. The van der Waals surface area contributed by atoms with Gasteiger partial charge < -0.3 is 23.7 Å². The van der Waals surface area contributed by atoms with Gasteiger partial charge in [0.15, 0.2) is 8.32 Å². The first-order valence-corrected chi connectivity index (χ1v) is 21.6. The highest BCUT2D eigenvalue weighted by atomic mass is 32.2. The molecule has 272 valence electrons. The van der Waals surface area contributed by atoms with Crippen LogP contribution in [0.2, 0.25) is 18.1 Å². The molecule has 2 aromatic heterocycles. The molecule has 0 bridgehead atoms. The van der Waals surface area contributed by atoms with Crippen LogP contribution in [-0.4, -0.2) is 107 Å². The number of thiazole rings is 1. The average Bonchev–Trinajstić information content (AvgIpc) is 3.82. The number of likely N-dealkylation sites (tertiary alicyclic amines) is 1. The van der Waals surface area contributed by atoms with Crippen molar-refractivity contribution in [1.29, 1.82) is 0 Å². The Hall–Kier alpha value is -3.40. The number of amides is 3. The molecule has 12 nitrogen and oxygen atoms in total. The maximum Gasteiger partial charge on any atom is 0.410 e. The van der Waals surface area contributed by atoms with Crippen molar-refractivity contribution >= 4 is 60.1 Å². The number of nitrogens with zero attached hydrogens (tertiary/aromatic N) is 5. The second-order valence-corrected chi connectivity index (χ2v) is 21.7. The summed E-state index contributed by atoms with van der Waals surface area (Å²) in [5.74, 6) is -0.919. The summed E-state index contributed by atoms with van der Waals surface area (Å²) in [6.07, 6.45) is 6.01. The minimum absolute atomic E-state index is 0.000847. The predicted molar refractivity (Wildman–Crippen MR) is 197 cm³/mol. The van der Waals surface area contributed by atoms with Gasteiger partial charge in [0.1, 0.15) is 35.6 Å². The molecule has 5 heterocycles. The van der Waals surface area contributed by atoms with E-state index in [9.17, 15) is 19.2 Å². The second-order valence-electron chi connectivity index (χ2n) is 14.7. The topological polar surface area (TPSA) is 123 Å². The summed E-state index contributed by atoms with van der Waals surface area (Å²) in [7, 11) is -0.490. The molecule has 3 aliphatic rings. The lowest BCUT2D eigenvalue weighted by atomic mass is 9.79. The van der Waals surface area contributed by atoms with Crippen LogP contribution in [0.15, 0.2) is 53.7 Å². The van der Waals surface area contributed by atoms with Gasteiger partial charge in [0.05, 0.1) is 30.8 Å². The van der Waals surface area contributed by atoms with Crippen molar-refractivity contribution in [3.8, 4) is 0 Å². The van der Waals surface area contributed by atoms with Crippen molar-refractivity contribution in [2.45, 2.75) is 89.2 Å². The fraction of sp³-hybridized carbons (Fsp3) is 0.571. The third-order valence-corrected chi connectivity index (χ3v) is 17.2. The maximum absolute atomic E-state index is 14.0. The number of rotatable bonds is 13. The molecule has 0 aromatic carbocycles. The number of aromatic nitrogens is 2. The summed E-state index contributed by atoms with van der Waals surface area (Å²) in [5, 5.41) is 1.65. The molecule has 0 saturated carbocycles. The van der Waals surface area contributed by atoms with E-state index in [0.717, 1.165) is 4.83 Å². The molecule has 0 radical (unpaired) electrons. The summed E-state index contributed by atoms with van der Waals surface area (Å²) in [6.45, 7) is 22.6. The Bertz CT molecular complexity index is 1700. The van der Waals surface area contributed by atoms with E-state index in [0.29, 0.717) is 17.2 Å². The standard InChI is InChI=1S/C35H49N5O7S2Si/c1-11-14-45-33(43)29-30(21(3)28-27(32(42)40(28)29)22(4)47-50(9,10)35(5,6)7)49-23-17-24(39(19-23)34(44)46-15-12-2)31(41)37(8)20-25-36-18-26-38(25)13-16-48-26/h11-13,16,18,21-24,27-28H,1-2,14-15,17,19-20H2,3-10H3/t21-,22-,23+,24+,27-,28-/m1/s1. The molecular formula is C35H49N5O7S2Si. The lowest BCUT2D eigenvalue weighted by molar-refractivity contribution is -0.163. The zero-order valence-electron chi connectivity index (χ0n) is 30.2. The largest absolute Gasteiger partial charge is 0.457 e. The lowest BCUT2D eigenvalue weighted by Crippen LogP contribution is -2.65. The molecule has 2 saturated heterocycles. The first-order valence-electron chi connectivity index (χ1n) is 16.9. The number of hydrogen-bond acceptors (Lipinski definition) is 10. The zero-order valence-corrected chi connectivity index (χ0v) is 32.8. The van der Waals surface area contributed by atoms with E-state index in [1.807, 2.05) is 29.8 Å². The first kappa shape index (κ1) is 37.8. The van der Waals surface area contributed by atoms with Crippen molar-refractivity contribution in [2.24, 2.45) is 11.8 Å². The Balaban J connectivity index is 1.39. The Morgan fingerprint density at radius 2 is 1.88 bits per heavy atom. The van der Waals surface area contributed by atoms with Crippen molar-refractivity contribution in [3.05, 3.63) is 59.5 Å². The minimum atomic E-state index is -2.19. The summed E-state index contributed by atoms with van der Waals surface area (Å²) >= 11 is 2.99. The van der Waals surface area contributed by atoms with E-state index >= 15 is 0 Å². The van der Waals surface area contributed by atoms with E-state index in [2.05, 4.69) is 52.0 Å². The van der Waals surface area contributed by atoms with Gasteiger partial charge in [0.25, 0.3) is 0 Å². The van der Waals surface area contributed by atoms with Gasteiger partial charge in [0, 0.05) is 41.2 Å². The van der Waals surface area contributed by atoms with Crippen LogP contribution in [0.1, 0.15) is 46.9 Å². The number of ether oxygens (including phenoxy) is 2. The fourth-order valence-corrected chi connectivity index (χ4v) is 10.4. The molecule has 0 N–H and O–H groups in total. The number of fused-ring (bicyclic) bond motifs is 2. The first-order chi connectivity index (χ1) is 23.5. The Morgan fingerprint density at radius 3 is 2.54 bits per heavy atom. The normalized spacial score (nSPS) is 24.2. The summed E-state index contributed by atoms with van der Waals surface area (Å²) in [4.78, 5) is 65.5. The van der Waals surface area contributed by atoms with Gasteiger partial charge in [-0.25, -0.2) is 14.6 Å². The number of likely N-dealkylation sites (N-methyl/N-ethyl adjacent to an activating group) is 1. The Morgan fingerprint density at radius 1 is 1.20 bits per heavy atom. The molecule has 0 aliphatic carbocycles. The van der Waals surface area contributed by atoms with Gasteiger partial charge in [-0.3, -0.25) is 18.9 Å². The third-order valence-electron chi connectivity index (χ3n) is 10.3. The highest BCUT2D eigenvalue weighted by molar-refractivity contribution is 8.03. The molecule has 0 spiro atoms. The van der Waals surface area contributed by atoms with Gasteiger partial charge >= 0.3 is 12.1 Å². The number of imidazole rings is 1. The molecule has 3 aliphatic heterocycles. The number of hydrogen-bond donors (Lipinski definition) is 0. The SMILES string of the molecule is C=CCOC(=O)C1=C(S[C@H]2C[C@@H](C(=O)N(C)Cc3ncc4sccn34)N(C(=O)OCC=C)C2)[C@H](C)[C@@H]2[C@@H]([C@@H](C)O[Si](C)(C)C(C)(C)C)C(=O)N12. The van der Waals surface area contributed by atoms with Crippen LogP contribution in [0.4, 0.5) is 4.79 Å². The quantitative estimate of drug-likeness (QED) is 0.110. The van der Waals surface area contributed by atoms with E-state index < -0.39 is 32.3 Å². The van der Waals surface area contributed by atoms with Gasteiger partial charge in [-0.15, -0.1) is 23.1 Å². The summed E-state index contributed by atoms with van der Waals surface area (Å²) in [6, 6.07) is -1.08. The molecule has 6 atom stereocenters. The van der Waals surface area contributed by atoms with Gasteiger partial charge in [-0.05, 0) is 31.5 Å². The molecule has 2 fully saturated rings. The van der Waals surface area contributed by atoms with E-state index in [1.54, 1.807) is 34.4 Å². The highest BCUT2D eigenvalue weighted by Crippen LogP contribution is 2.53. The van der Waals surface area contributed by atoms with Gasteiger partial charge in [0.2, 0.25) is 11.8 Å². The van der Waals surface area contributed by atoms with Crippen LogP contribution in [0.5, 0.6) is 0 Å². The monoisotopic (exact) mass is 743 g/mol. The second kappa shape index (κ2) is 14.7. The molecule has 15 heteroatoms. The molecule has 3 amide bonds. The lowest BCUT2D eigenvalue weighted by Gasteiger charge is -2.50. The predicted octanol–water partition coefficient (Wildman–Crippen LogP) is 5.68. The molecule has 0 unspecified atom stereocenters. The number of carbonyl (C=O) groups excluding carboxylic acids is 4. The van der Waals surface area contributed by atoms with Crippen molar-refractivity contribution in [1.82, 2.24) is 24.1 Å².